The Labute approximate surface area is 177 Å². The number of anilines is 2. The van der Waals surface area contributed by atoms with Crippen molar-refractivity contribution in [3.8, 4) is 0 Å². The third kappa shape index (κ3) is 5.76. The van der Waals surface area contributed by atoms with E-state index in [1.807, 2.05) is 4.72 Å². The second-order valence-electron chi connectivity index (χ2n) is 6.76. The van der Waals surface area contributed by atoms with Crippen LogP contribution in [0.25, 0.3) is 0 Å². The number of hydrogen-bond acceptors (Lipinski definition) is 8. The molecule has 1 amide bonds. The van der Waals surface area contributed by atoms with Crippen molar-refractivity contribution in [1.29, 1.82) is 0 Å². The van der Waals surface area contributed by atoms with Gasteiger partial charge >= 0.3 is 10.2 Å². The molecule has 1 aliphatic heterocycles. The molecule has 3 rings (SSSR count). The van der Waals surface area contributed by atoms with Crippen molar-refractivity contribution in [3.63, 3.8) is 0 Å². The fourth-order valence-electron chi connectivity index (χ4n) is 2.81. The second kappa shape index (κ2) is 9.68. The lowest BCUT2D eigenvalue weighted by molar-refractivity contribution is 0.0258. The number of halogens is 2. The Hall–Kier alpha value is -2.61. The Balaban J connectivity index is 1.69. The standard InChI is InChI=1S/C18H22F2N4O6S/c1-11-3-4-12(16(19)20)7-14(11)21-18-22-15(10-30-18)17(25)23-31(26,27)24-5-6-29-9-13(8-24)28-2/h3-4,7,10,13,16H,5-6,8-9H2,1-2H3,(H,21,22)(H,23,25). The van der Waals surface area contributed by atoms with Crippen LogP contribution in [-0.2, 0) is 19.7 Å². The lowest BCUT2D eigenvalue weighted by Crippen LogP contribution is -2.47. The molecule has 1 aromatic heterocycles. The van der Waals surface area contributed by atoms with Crippen LogP contribution in [-0.4, -0.2) is 63.1 Å². The van der Waals surface area contributed by atoms with E-state index in [-0.39, 0.29) is 43.6 Å². The number of alkyl halides is 2. The Morgan fingerprint density at radius 3 is 2.87 bits per heavy atom. The van der Waals surface area contributed by atoms with Crippen molar-refractivity contribution in [2.45, 2.75) is 19.5 Å². The quantitative estimate of drug-likeness (QED) is 0.643. The third-order valence-electron chi connectivity index (χ3n) is 4.58. The molecular formula is C18H22F2N4O6S. The van der Waals surface area contributed by atoms with Crippen LogP contribution in [0, 0.1) is 6.92 Å². The minimum Gasteiger partial charge on any atom is -0.431 e. The molecule has 1 saturated heterocycles. The molecule has 13 heteroatoms. The van der Waals surface area contributed by atoms with Gasteiger partial charge in [-0.05, 0) is 18.6 Å². The summed E-state index contributed by atoms with van der Waals surface area (Å²) in [5.41, 5.74) is 0.462. The van der Waals surface area contributed by atoms with Crippen molar-refractivity contribution >= 4 is 27.8 Å². The van der Waals surface area contributed by atoms with E-state index in [1.54, 1.807) is 6.92 Å². The number of aromatic nitrogens is 1. The van der Waals surface area contributed by atoms with E-state index in [1.165, 1.54) is 25.3 Å². The summed E-state index contributed by atoms with van der Waals surface area (Å²) in [6, 6.07) is 3.89. The molecule has 170 valence electrons. The van der Waals surface area contributed by atoms with Crippen LogP contribution in [0.4, 0.5) is 20.5 Å². The van der Waals surface area contributed by atoms with Crippen LogP contribution < -0.4 is 10.0 Å². The minimum absolute atomic E-state index is 0.0183. The van der Waals surface area contributed by atoms with Gasteiger partial charge in [-0.3, -0.25) is 4.79 Å². The summed E-state index contributed by atoms with van der Waals surface area (Å²) in [6.07, 6.45) is -2.16. The molecule has 2 heterocycles. The van der Waals surface area contributed by atoms with Crippen LogP contribution in [0.3, 0.4) is 0 Å². The van der Waals surface area contributed by atoms with Gasteiger partial charge in [0.25, 0.3) is 18.3 Å². The van der Waals surface area contributed by atoms with Crippen molar-refractivity contribution in [3.05, 3.63) is 41.3 Å². The normalized spacial score (nSPS) is 18.0. The van der Waals surface area contributed by atoms with Gasteiger partial charge in [0.05, 0.1) is 19.3 Å². The molecule has 31 heavy (non-hydrogen) atoms. The monoisotopic (exact) mass is 460 g/mol. The maximum Gasteiger partial charge on any atom is 0.304 e. The summed E-state index contributed by atoms with van der Waals surface area (Å²) in [6.45, 7) is 2.15. The molecule has 10 nitrogen and oxygen atoms in total. The van der Waals surface area contributed by atoms with E-state index >= 15 is 0 Å². The van der Waals surface area contributed by atoms with Crippen molar-refractivity contribution in [2.24, 2.45) is 0 Å². The van der Waals surface area contributed by atoms with E-state index in [9.17, 15) is 22.0 Å². The predicted octanol–water partition coefficient (Wildman–Crippen LogP) is 1.99. The zero-order valence-corrected chi connectivity index (χ0v) is 17.6. The fourth-order valence-corrected chi connectivity index (χ4v) is 3.95. The predicted molar refractivity (Wildman–Crippen MR) is 105 cm³/mol. The lowest BCUT2D eigenvalue weighted by Gasteiger charge is -2.22. The maximum absolute atomic E-state index is 12.9. The number of nitrogens with zero attached hydrogens (tertiary/aromatic N) is 2. The Bertz CT molecular complexity index is 1030. The number of hydrogen-bond donors (Lipinski definition) is 2. The molecule has 1 fully saturated rings. The van der Waals surface area contributed by atoms with Gasteiger partial charge in [-0.2, -0.15) is 17.7 Å². The number of carbonyl (C=O) groups excluding carboxylic acids is 1. The number of aryl methyl sites for hydroxylation is 1. The van der Waals surface area contributed by atoms with Crippen LogP contribution in [0.15, 0.2) is 28.9 Å². The minimum atomic E-state index is -4.18. The summed E-state index contributed by atoms with van der Waals surface area (Å²) < 4.78 is 69.5. The Morgan fingerprint density at radius 2 is 2.16 bits per heavy atom. The van der Waals surface area contributed by atoms with Gasteiger partial charge in [0, 0.05) is 31.5 Å². The number of benzene rings is 1. The first-order valence-electron chi connectivity index (χ1n) is 9.23. The number of ether oxygens (including phenoxy) is 2. The van der Waals surface area contributed by atoms with E-state index in [2.05, 4.69) is 10.3 Å². The first kappa shape index (κ1) is 23.1. The fraction of sp³-hybridized carbons (Fsp3) is 0.444. The number of oxazole rings is 1. The second-order valence-corrected chi connectivity index (χ2v) is 8.44. The number of amides is 1. The third-order valence-corrected chi connectivity index (χ3v) is 6.04. The highest BCUT2D eigenvalue weighted by Gasteiger charge is 2.30. The van der Waals surface area contributed by atoms with E-state index < -0.39 is 28.6 Å². The van der Waals surface area contributed by atoms with E-state index in [0.717, 1.165) is 10.6 Å². The number of methoxy groups -OCH3 is 1. The van der Waals surface area contributed by atoms with Crippen LogP contribution in [0.2, 0.25) is 0 Å². The first-order valence-corrected chi connectivity index (χ1v) is 10.7. The average Bonchev–Trinajstić information content (AvgIpc) is 3.04. The van der Waals surface area contributed by atoms with E-state index in [0.29, 0.717) is 11.3 Å². The molecule has 2 aromatic rings. The molecule has 0 radical (unpaired) electrons. The van der Waals surface area contributed by atoms with Gasteiger partial charge in [0.15, 0.2) is 5.69 Å². The molecule has 0 bridgehead atoms. The van der Waals surface area contributed by atoms with Crippen molar-refractivity contribution < 1.29 is 35.9 Å². The van der Waals surface area contributed by atoms with Gasteiger partial charge in [0.1, 0.15) is 6.26 Å². The van der Waals surface area contributed by atoms with E-state index in [4.69, 9.17) is 13.9 Å². The molecule has 1 atom stereocenters. The zero-order valence-electron chi connectivity index (χ0n) is 16.8. The number of carbonyl (C=O) groups is 1. The number of rotatable bonds is 7. The van der Waals surface area contributed by atoms with Gasteiger partial charge in [-0.1, -0.05) is 12.1 Å². The van der Waals surface area contributed by atoms with Gasteiger partial charge in [0.2, 0.25) is 0 Å². The molecule has 2 N–H and O–H groups in total. The highest BCUT2D eigenvalue weighted by molar-refractivity contribution is 7.87. The summed E-state index contributed by atoms with van der Waals surface area (Å²) >= 11 is 0. The summed E-state index contributed by atoms with van der Waals surface area (Å²) in [4.78, 5) is 16.3. The molecule has 1 aromatic carbocycles. The van der Waals surface area contributed by atoms with Crippen molar-refractivity contribution in [1.82, 2.24) is 14.0 Å². The number of nitrogens with one attached hydrogen (secondary N) is 2. The average molecular weight is 460 g/mol. The van der Waals surface area contributed by atoms with Crippen molar-refractivity contribution in [2.75, 3.05) is 38.7 Å². The zero-order chi connectivity index (χ0) is 22.6. The Morgan fingerprint density at radius 1 is 1.39 bits per heavy atom. The van der Waals surface area contributed by atoms with Crippen LogP contribution in [0.1, 0.15) is 28.0 Å². The Kier molecular flexibility index (Phi) is 7.20. The molecule has 0 aliphatic carbocycles. The summed E-state index contributed by atoms with van der Waals surface area (Å²) in [7, 11) is -2.74. The SMILES string of the molecule is COC1COCCN(S(=O)(=O)NC(=O)c2coc(Nc3cc(C(F)F)ccc3C)n2)C1. The van der Waals surface area contributed by atoms with Crippen LogP contribution >= 0.6 is 0 Å². The largest absolute Gasteiger partial charge is 0.431 e. The lowest BCUT2D eigenvalue weighted by atomic mass is 10.1. The first-order chi connectivity index (χ1) is 14.7. The highest BCUT2D eigenvalue weighted by Crippen LogP contribution is 2.26. The molecule has 1 unspecified atom stereocenters. The summed E-state index contributed by atoms with van der Waals surface area (Å²) in [5.74, 6) is -1.01. The molecule has 0 spiro atoms. The molecule has 0 saturated carbocycles. The van der Waals surface area contributed by atoms with Gasteiger partial charge in [-0.25, -0.2) is 13.5 Å². The van der Waals surface area contributed by atoms with Gasteiger partial charge < -0.3 is 19.2 Å². The maximum atomic E-state index is 12.9. The highest BCUT2D eigenvalue weighted by atomic mass is 32.2. The van der Waals surface area contributed by atoms with Gasteiger partial charge in [-0.15, -0.1) is 0 Å². The van der Waals surface area contributed by atoms with Crippen LogP contribution in [0.5, 0.6) is 0 Å². The molecule has 1 aliphatic rings. The topological polar surface area (TPSA) is 123 Å². The summed E-state index contributed by atoms with van der Waals surface area (Å²) in [5, 5.41) is 2.71. The molecular weight excluding hydrogens is 438 g/mol. The smallest absolute Gasteiger partial charge is 0.304 e.